The minimum Gasteiger partial charge on any atom is -0.467 e. The summed E-state index contributed by atoms with van der Waals surface area (Å²) in [6, 6.07) is 17.5. The van der Waals surface area contributed by atoms with E-state index in [-0.39, 0.29) is 12.1 Å². The van der Waals surface area contributed by atoms with Crippen LogP contribution >= 0.6 is 0 Å². The number of carbonyl (C=O) groups excluding carboxylic acids is 2. The van der Waals surface area contributed by atoms with Gasteiger partial charge in [-0.25, -0.2) is 14.8 Å². The maximum Gasteiger partial charge on any atom is 0.328 e. The molecule has 4 rings (SSSR count). The van der Waals surface area contributed by atoms with Crippen molar-refractivity contribution < 1.29 is 14.3 Å². The van der Waals surface area contributed by atoms with Crippen molar-refractivity contribution in [2.24, 2.45) is 0 Å². The topological polar surface area (TPSA) is 94.1 Å². The summed E-state index contributed by atoms with van der Waals surface area (Å²) in [4.78, 5) is 38.2. The Morgan fingerprint density at radius 3 is 2.45 bits per heavy atom. The van der Waals surface area contributed by atoms with Gasteiger partial charge in [-0.1, -0.05) is 36.4 Å². The quantitative estimate of drug-likeness (QED) is 0.530. The summed E-state index contributed by atoms with van der Waals surface area (Å²) in [5, 5.41) is 3.63. The van der Waals surface area contributed by atoms with E-state index in [1.54, 1.807) is 12.3 Å². The predicted octanol–water partition coefficient (Wildman–Crippen LogP) is 2.69. The molecule has 0 aliphatic rings. The third kappa shape index (κ3) is 4.03. The molecular weight excluding hydrogens is 368 g/mol. The number of aromatic nitrogens is 3. The first kappa shape index (κ1) is 18.5. The van der Waals surface area contributed by atoms with Gasteiger partial charge in [-0.3, -0.25) is 9.78 Å². The molecule has 0 saturated carbocycles. The van der Waals surface area contributed by atoms with E-state index < -0.39 is 17.9 Å². The molecule has 0 aliphatic carbocycles. The molecule has 0 fully saturated rings. The molecule has 2 heterocycles. The Morgan fingerprint density at radius 2 is 1.66 bits per heavy atom. The Balaban J connectivity index is 1.57. The van der Waals surface area contributed by atoms with Crippen LogP contribution in [0.25, 0.3) is 21.9 Å². The molecule has 1 atom stereocenters. The fraction of sp³-hybridized carbons (Fsp3) is 0.136. The van der Waals surface area contributed by atoms with Gasteiger partial charge in [-0.15, -0.1) is 0 Å². The largest absolute Gasteiger partial charge is 0.467 e. The van der Waals surface area contributed by atoms with E-state index in [1.807, 2.05) is 54.6 Å². The van der Waals surface area contributed by atoms with Crippen molar-refractivity contribution in [3.63, 3.8) is 0 Å². The van der Waals surface area contributed by atoms with Crippen LogP contribution in [0.3, 0.4) is 0 Å². The molecular formula is C22H18N4O3. The minimum absolute atomic E-state index is 0.157. The first-order chi connectivity index (χ1) is 14.1. The number of nitrogens with zero attached hydrogens (tertiary/aromatic N) is 3. The number of para-hydroxylation sites is 3. The first-order valence-electron chi connectivity index (χ1n) is 9.09. The summed E-state index contributed by atoms with van der Waals surface area (Å²) in [6.07, 6.45) is 1.75. The van der Waals surface area contributed by atoms with E-state index in [0.29, 0.717) is 11.2 Å². The lowest BCUT2D eigenvalue weighted by Crippen LogP contribution is -2.43. The molecule has 0 saturated heterocycles. The van der Waals surface area contributed by atoms with E-state index in [9.17, 15) is 9.59 Å². The number of hydrogen-bond acceptors (Lipinski definition) is 6. The van der Waals surface area contributed by atoms with Crippen LogP contribution in [0.15, 0.2) is 66.9 Å². The van der Waals surface area contributed by atoms with Crippen LogP contribution in [0.5, 0.6) is 0 Å². The lowest BCUT2D eigenvalue weighted by atomic mass is 10.1. The molecule has 0 aliphatic heterocycles. The number of esters is 1. The maximum absolute atomic E-state index is 12.7. The van der Waals surface area contributed by atoms with E-state index >= 15 is 0 Å². The summed E-state index contributed by atoms with van der Waals surface area (Å²) in [5.41, 5.74) is 2.98. The zero-order valence-electron chi connectivity index (χ0n) is 15.7. The second-order valence-electron chi connectivity index (χ2n) is 6.49. The fourth-order valence-corrected chi connectivity index (χ4v) is 3.06. The number of fused-ring (bicyclic) bond motifs is 2. The highest BCUT2D eigenvalue weighted by Gasteiger charge is 2.24. The minimum atomic E-state index is -0.906. The summed E-state index contributed by atoms with van der Waals surface area (Å²) >= 11 is 0. The average Bonchev–Trinajstić information content (AvgIpc) is 2.77. The van der Waals surface area contributed by atoms with Crippen molar-refractivity contribution in [1.29, 1.82) is 0 Å². The fourth-order valence-electron chi connectivity index (χ4n) is 3.06. The molecule has 4 aromatic rings. The molecule has 0 spiro atoms. The second-order valence-corrected chi connectivity index (χ2v) is 6.49. The smallest absolute Gasteiger partial charge is 0.328 e. The highest BCUT2D eigenvalue weighted by Crippen LogP contribution is 2.13. The molecule has 0 unspecified atom stereocenters. The van der Waals surface area contributed by atoms with Gasteiger partial charge in [0.2, 0.25) is 0 Å². The van der Waals surface area contributed by atoms with Crippen LogP contribution in [0.1, 0.15) is 16.2 Å². The van der Waals surface area contributed by atoms with Crippen molar-refractivity contribution >= 4 is 33.8 Å². The highest BCUT2D eigenvalue weighted by molar-refractivity contribution is 5.97. The third-order valence-electron chi connectivity index (χ3n) is 4.53. The van der Waals surface area contributed by atoms with Gasteiger partial charge in [0.15, 0.2) is 0 Å². The number of hydrogen-bond donors (Lipinski definition) is 1. The molecule has 7 nitrogen and oxygen atoms in total. The van der Waals surface area contributed by atoms with Gasteiger partial charge in [-0.05, 0) is 24.3 Å². The Hall–Kier alpha value is -3.87. The molecule has 29 heavy (non-hydrogen) atoms. The molecule has 2 aromatic carbocycles. The molecule has 1 amide bonds. The Bertz CT molecular complexity index is 1210. The van der Waals surface area contributed by atoms with Crippen LogP contribution in [0.2, 0.25) is 0 Å². The zero-order chi connectivity index (χ0) is 20.2. The second kappa shape index (κ2) is 8.02. The lowest BCUT2D eigenvalue weighted by Gasteiger charge is -2.16. The van der Waals surface area contributed by atoms with Gasteiger partial charge in [0.25, 0.3) is 5.91 Å². The van der Waals surface area contributed by atoms with Crippen LogP contribution in [-0.4, -0.2) is 40.0 Å². The van der Waals surface area contributed by atoms with Crippen molar-refractivity contribution in [3.05, 3.63) is 78.2 Å². The molecule has 1 N–H and O–H groups in total. The predicted molar refractivity (Wildman–Crippen MR) is 108 cm³/mol. The number of amides is 1. The van der Waals surface area contributed by atoms with Crippen LogP contribution < -0.4 is 5.32 Å². The van der Waals surface area contributed by atoms with E-state index in [4.69, 9.17) is 4.74 Å². The number of methoxy groups -OCH3 is 1. The monoisotopic (exact) mass is 386 g/mol. The highest BCUT2D eigenvalue weighted by atomic mass is 16.5. The number of carbonyl (C=O) groups is 2. The van der Waals surface area contributed by atoms with Gasteiger partial charge in [0.05, 0.1) is 29.4 Å². The first-order valence-corrected chi connectivity index (χ1v) is 9.09. The van der Waals surface area contributed by atoms with Crippen LogP contribution in [0, 0.1) is 0 Å². The van der Waals surface area contributed by atoms with E-state index in [0.717, 1.165) is 16.4 Å². The standard InChI is InChI=1S/C22H18N4O3/c1-29-22(28)20(12-15-13-23-17-8-4-5-9-18(17)24-15)26-21(27)19-11-10-14-6-2-3-7-16(14)25-19/h2-11,13,20H,12H2,1H3,(H,26,27)/t20-/m1/s1. The summed E-state index contributed by atoms with van der Waals surface area (Å²) in [5.74, 6) is -1.02. The molecule has 2 aromatic heterocycles. The Kier molecular flexibility index (Phi) is 5.11. The van der Waals surface area contributed by atoms with Gasteiger partial charge in [-0.2, -0.15) is 0 Å². The van der Waals surface area contributed by atoms with Crippen molar-refractivity contribution in [1.82, 2.24) is 20.3 Å². The summed E-state index contributed by atoms with van der Waals surface area (Å²) < 4.78 is 4.86. The van der Waals surface area contributed by atoms with Crippen molar-refractivity contribution in [2.75, 3.05) is 7.11 Å². The Labute approximate surface area is 166 Å². The summed E-state index contributed by atoms with van der Waals surface area (Å²) in [7, 11) is 1.28. The van der Waals surface area contributed by atoms with E-state index in [2.05, 4.69) is 20.3 Å². The van der Waals surface area contributed by atoms with Gasteiger partial charge in [0, 0.05) is 18.0 Å². The lowest BCUT2D eigenvalue weighted by molar-refractivity contribution is -0.142. The maximum atomic E-state index is 12.7. The van der Waals surface area contributed by atoms with E-state index in [1.165, 1.54) is 7.11 Å². The normalized spacial score (nSPS) is 11.9. The van der Waals surface area contributed by atoms with Crippen LogP contribution in [-0.2, 0) is 16.0 Å². The third-order valence-corrected chi connectivity index (χ3v) is 4.53. The number of ether oxygens (including phenoxy) is 1. The number of benzene rings is 2. The van der Waals surface area contributed by atoms with Gasteiger partial charge >= 0.3 is 5.97 Å². The van der Waals surface area contributed by atoms with Crippen LogP contribution in [0.4, 0.5) is 0 Å². The molecule has 7 heteroatoms. The molecule has 0 bridgehead atoms. The van der Waals surface area contributed by atoms with Crippen molar-refractivity contribution in [2.45, 2.75) is 12.5 Å². The Morgan fingerprint density at radius 1 is 0.931 bits per heavy atom. The number of rotatable bonds is 5. The number of pyridine rings is 1. The molecule has 0 radical (unpaired) electrons. The SMILES string of the molecule is COC(=O)[C@@H](Cc1cnc2ccccc2n1)NC(=O)c1ccc2ccccc2n1. The zero-order valence-corrected chi connectivity index (χ0v) is 15.7. The van der Waals surface area contributed by atoms with Gasteiger partial charge in [0.1, 0.15) is 11.7 Å². The van der Waals surface area contributed by atoms with Gasteiger partial charge < -0.3 is 10.1 Å². The number of nitrogens with one attached hydrogen (secondary N) is 1. The summed E-state index contributed by atoms with van der Waals surface area (Å²) in [6.45, 7) is 0. The molecule has 144 valence electrons. The van der Waals surface area contributed by atoms with Crippen molar-refractivity contribution in [3.8, 4) is 0 Å². The average molecular weight is 386 g/mol.